The molecule has 3 aliphatic heterocycles. The van der Waals surface area contributed by atoms with Gasteiger partial charge in [-0.3, -0.25) is 48.6 Å². The first kappa shape index (κ1) is 94.7. The molecule has 0 radical (unpaired) electrons. The number of carbonyl (C=O) groups is 10. The molecule has 0 aliphatic carbocycles. The smallest absolute Gasteiger partial charge is 0.328 e. The Balaban J connectivity index is 0.822. The van der Waals surface area contributed by atoms with Crippen LogP contribution in [-0.2, 0) is 78.0 Å². The topological polar surface area (TPSA) is 428 Å². The van der Waals surface area contributed by atoms with E-state index in [1.165, 1.54) is 64.5 Å². The van der Waals surface area contributed by atoms with Gasteiger partial charge in [-0.15, -0.1) is 0 Å². The number of phenols is 1. The number of anilines is 1. The highest BCUT2D eigenvalue weighted by Crippen LogP contribution is 2.51. The van der Waals surface area contributed by atoms with Crippen molar-refractivity contribution in [2.24, 2.45) is 5.73 Å². The van der Waals surface area contributed by atoms with Crippen LogP contribution in [0.15, 0.2) is 206 Å². The Kier molecular flexibility index (Phi) is 33.7. The van der Waals surface area contributed by atoms with Crippen molar-refractivity contribution in [3.63, 3.8) is 0 Å². The summed E-state index contributed by atoms with van der Waals surface area (Å²) in [7, 11) is 1.81. The van der Waals surface area contributed by atoms with Crippen molar-refractivity contribution in [2.45, 2.75) is 203 Å². The number of allylic oxidation sites excluding steroid dienone is 8. The molecule has 0 unspecified atom stereocenters. The van der Waals surface area contributed by atoms with Gasteiger partial charge < -0.3 is 78.4 Å². The predicted octanol–water partition coefficient (Wildman–Crippen LogP) is 9.59. The van der Waals surface area contributed by atoms with Crippen LogP contribution in [0.5, 0.6) is 5.75 Å². The first-order valence-corrected chi connectivity index (χ1v) is 45.5. The molecule has 1 fully saturated rings. The fraction of sp³-hybridized carbons (Fsp3) is 0.385. The number of aliphatic carboxylic acids is 2. The summed E-state index contributed by atoms with van der Waals surface area (Å²) in [6.45, 7) is 13.0. The number of hydrogen-bond donors (Lipinski definition) is 16. The second-order valence-corrected chi connectivity index (χ2v) is 35.9. The Hall–Kier alpha value is -11.9. The lowest BCUT2D eigenvalue weighted by molar-refractivity contribution is -0.438. The quantitative estimate of drug-likeness (QED) is 0.00577. The van der Waals surface area contributed by atoms with Crippen LogP contribution in [0.4, 0.5) is 11.4 Å². The van der Waals surface area contributed by atoms with Crippen LogP contribution < -0.4 is 58.7 Å². The van der Waals surface area contributed by atoms with E-state index < -0.39 is 131 Å². The summed E-state index contributed by atoms with van der Waals surface area (Å²) in [6, 6.07) is 34.9. The number of aromatic hydroxyl groups is 1. The number of phenolic OH excluding ortho intramolecular Hbond substituents is 1. The maximum atomic E-state index is 15.4. The molecule has 0 bridgehead atoms. The molecule has 666 valence electrons. The fourth-order valence-corrected chi connectivity index (χ4v) is 18.9. The number of hydrazine groups is 1. The van der Waals surface area contributed by atoms with Crippen LogP contribution in [0, 0.1) is 0 Å². The number of carboxylic acids is 2. The number of nitrogens with one attached hydrogen (secondary N) is 10. The van der Waals surface area contributed by atoms with Gasteiger partial charge in [-0.2, -0.15) is 4.58 Å². The zero-order valence-electron chi connectivity index (χ0n) is 71.9. The number of carbonyl (C=O) groups excluding carboxylic acids is 8. The van der Waals surface area contributed by atoms with E-state index in [0.717, 1.165) is 70.1 Å². The van der Waals surface area contributed by atoms with E-state index in [1.54, 1.807) is 42.6 Å². The zero-order chi connectivity index (χ0) is 90.2. The monoisotopic (exact) mass is 1750 g/mol. The van der Waals surface area contributed by atoms with Gasteiger partial charge in [0.1, 0.15) is 54.6 Å². The highest BCUT2D eigenvalue weighted by molar-refractivity contribution is 8.76. The van der Waals surface area contributed by atoms with Crippen LogP contribution in [-0.4, -0.2) is 192 Å². The first-order chi connectivity index (χ1) is 60.5. The number of carboxylic acid groups (broad SMARTS) is 2. The number of aromatic nitrogens is 1. The van der Waals surface area contributed by atoms with Gasteiger partial charge in [0.25, 0.3) is 0 Å². The van der Waals surface area contributed by atoms with Crippen molar-refractivity contribution < 1.29 is 78.1 Å². The van der Waals surface area contributed by atoms with Crippen LogP contribution >= 0.6 is 21.6 Å². The minimum atomic E-state index is -1.88. The number of hydrogen-bond acceptors (Lipinski definition) is 18. The minimum absolute atomic E-state index is 0.0240. The minimum Gasteiger partial charge on any atom is -0.508 e. The zero-order valence-corrected chi connectivity index (χ0v) is 73.5. The predicted molar refractivity (Wildman–Crippen MR) is 493 cm³/mol. The third-order valence-corrected chi connectivity index (χ3v) is 25.7. The molecule has 17 N–H and O–H groups in total. The van der Waals surface area contributed by atoms with Gasteiger partial charge in [0.2, 0.25) is 52.9 Å². The number of unbranched alkanes of at least 4 members (excludes halogenated alkanes) is 5. The molecule has 0 spiro atoms. The number of nitrogens with two attached hydrogens (primary N) is 1. The van der Waals surface area contributed by atoms with E-state index in [4.69, 9.17) is 5.73 Å². The average molecular weight is 1760 g/mol. The molecule has 1 aromatic heterocycles. The van der Waals surface area contributed by atoms with E-state index in [0.29, 0.717) is 66.2 Å². The van der Waals surface area contributed by atoms with Crippen molar-refractivity contribution in [3.8, 4) is 5.75 Å². The molecule has 11 rings (SSSR count). The lowest BCUT2D eigenvalue weighted by atomic mass is 9.79. The molecule has 0 saturated carbocycles. The van der Waals surface area contributed by atoms with Crippen molar-refractivity contribution in [2.75, 3.05) is 36.0 Å². The van der Waals surface area contributed by atoms with Crippen LogP contribution in [0.2, 0.25) is 0 Å². The molecule has 28 nitrogen and oxygen atoms in total. The molecule has 10 atom stereocenters. The number of fused-ring (bicyclic) bond motifs is 7. The third kappa shape index (κ3) is 24.6. The Morgan fingerprint density at radius 1 is 0.603 bits per heavy atom. The molecular formula is C96H116N13O15S2+. The van der Waals surface area contributed by atoms with Crippen LogP contribution in [0.25, 0.3) is 32.4 Å². The van der Waals surface area contributed by atoms with Crippen LogP contribution in [0.1, 0.15) is 140 Å². The second-order valence-electron chi connectivity index (χ2n) is 33.3. The highest BCUT2D eigenvalue weighted by atomic mass is 33.1. The number of aliphatic hydroxyl groups is 2. The Bertz CT molecular complexity index is 5400. The average Bonchev–Trinajstić information content (AvgIpc) is 1.58. The molecule has 1 saturated heterocycles. The summed E-state index contributed by atoms with van der Waals surface area (Å²) in [5.74, 6) is -10.3. The maximum absolute atomic E-state index is 15.4. The van der Waals surface area contributed by atoms with E-state index in [1.807, 2.05) is 42.5 Å². The number of para-hydroxylation sites is 1. The Morgan fingerprint density at radius 2 is 1.22 bits per heavy atom. The number of aliphatic hydroxyl groups excluding tert-OH is 2. The first-order valence-electron chi connectivity index (χ1n) is 43.0. The molecule has 7 aromatic carbocycles. The highest BCUT2D eigenvalue weighted by Gasteiger charge is 2.46. The van der Waals surface area contributed by atoms with Crippen molar-refractivity contribution in [1.29, 1.82) is 0 Å². The maximum Gasteiger partial charge on any atom is 0.328 e. The Morgan fingerprint density at radius 3 is 1.92 bits per heavy atom. The number of rotatable bonds is 35. The third-order valence-electron chi connectivity index (χ3n) is 23.3. The molecule has 126 heavy (non-hydrogen) atoms. The number of aromatic amines is 1. The van der Waals surface area contributed by atoms with E-state index in [-0.39, 0.29) is 68.4 Å². The summed E-state index contributed by atoms with van der Waals surface area (Å²) >= 11 is 0. The van der Waals surface area contributed by atoms with Crippen molar-refractivity contribution in [3.05, 3.63) is 234 Å². The van der Waals surface area contributed by atoms with Crippen molar-refractivity contribution >= 4 is 130 Å². The number of benzene rings is 7. The lowest BCUT2D eigenvalue weighted by Crippen LogP contribution is -2.62. The fourth-order valence-electron chi connectivity index (χ4n) is 16.6. The van der Waals surface area contributed by atoms with Crippen molar-refractivity contribution in [1.82, 2.24) is 53.1 Å². The summed E-state index contributed by atoms with van der Waals surface area (Å²) in [6.07, 6.45) is 17.4. The summed E-state index contributed by atoms with van der Waals surface area (Å²) in [5.41, 5.74) is 20.3. The van der Waals surface area contributed by atoms with Gasteiger partial charge in [-0.05, 0) is 166 Å². The van der Waals surface area contributed by atoms with Crippen LogP contribution in [0.3, 0.4) is 0 Å². The standard InChI is InChI=1S/C96H115N13O15S2/c1-59(110)85-93(122)103-76(92(121)105-86(60(2)111)94(123)124)58-126-125-57-75(91(120)100-72(53-62-42-46-66(112)47-43-62)88(117)101-73(55-65-56-98-70-36-24-23-33-67(65)70)89(118)99-71(87(116)104-85)37-25-26-50-97)102-90(119)74(54-61-29-13-10-14-30-61)106-107-81(113)40-17-11-27-51-108-77-48-44-63-31-19-21-34-68(63)83(77)95(3,4)79(108)38-15-8-7-9-16-39-80-96(5,6)84-69-35-22-20-32-64(69)45-49-78(84)109(80)52-28-12-18-41-82(114)115/h7-10,13-16,19-24,29-36,38-39,42-49,56,59-60,71-76,85-86,98,106,110-111H,11-12,17-18,25-28,37,40-41,50-55,57-58,97H2,1-6H3,(H10-,99,100,101,102,103,104,105,107,112,113,114,115,116,117,118,119,120,121,122,123,124)/p+1/t59-,60-,71+,72+,73-,74-,75+,76-,85-,86+/m1/s1. The summed E-state index contributed by atoms with van der Waals surface area (Å²) in [5, 5.41) is 75.3. The van der Waals surface area contributed by atoms with Gasteiger partial charge in [0.15, 0.2) is 11.8 Å². The molecule has 3 aliphatic rings. The number of nitrogens with zero attached hydrogens (tertiary/aromatic N) is 2. The molecule has 4 heterocycles. The summed E-state index contributed by atoms with van der Waals surface area (Å²) < 4.78 is 2.37. The molecule has 8 aromatic rings. The Labute approximate surface area is 741 Å². The van der Waals surface area contributed by atoms with E-state index in [2.05, 4.69) is 181 Å². The summed E-state index contributed by atoms with van der Waals surface area (Å²) in [4.78, 5) is 148. The van der Waals surface area contributed by atoms with E-state index >= 15 is 19.2 Å². The van der Waals surface area contributed by atoms with Gasteiger partial charge in [-0.25, -0.2) is 10.2 Å². The SMILES string of the molecule is C[C@@H](O)[C@H](NC(=O)[C@H]1CSSC[C@H](NC(=O)[C@@H](Cc2ccccc2)NNC(=O)CCCCC[N+]2=C(/C=C/C=C/C=C/C=C3/N(CCCCCC(=O)O)c4ccc5ccccc5c4C3(C)C)C(C)(C)c3c2ccc2ccccc32)C(=O)N[C@@H](Cc2ccc(O)cc2)C(=O)N[C@H](Cc2c[nH]c3ccccc23)C(=O)N[C@@H](CCCCN)C(=O)N[C@H]([C@@H](C)O)C(=O)N1)C(=O)O. The van der Waals surface area contributed by atoms with Gasteiger partial charge in [0, 0.05) is 102 Å². The molecule has 30 heteroatoms. The van der Waals surface area contributed by atoms with Gasteiger partial charge in [0.05, 0.1) is 17.6 Å². The number of amides is 8. The normalized spacial score (nSPS) is 20.3. The second kappa shape index (κ2) is 44.8. The lowest BCUT2D eigenvalue weighted by Gasteiger charge is -2.29. The molecule has 8 amide bonds. The van der Waals surface area contributed by atoms with E-state index in [9.17, 15) is 54.3 Å². The largest absolute Gasteiger partial charge is 0.508 e. The molecular weight excluding hydrogens is 1640 g/mol. The number of H-pyrrole nitrogens is 1. The van der Waals surface area contributed by atoms with Gasteiger partial charge in [-0.1, -0.05) is 187 Å². The van der Waals surface area contributed by atoms with Gasteiger partial charge >= 0.3 is 11.9 Å².